The van der Waals surface area contributed by atoms with Crippen LogP contribution in [0.15, 0.2) is 11.3 Å². The Bertz CT molecular complexity index is 463. The number of rotatable bonds is 3. The van der Waals surface area contributed by atoms with Gasteiger partial charge in [0.05, 0.1) is 0 Å². The fraction of sp³-hybridized carbons (Fsp3) is 0.500. The maximum Gasteiger partial charge on any atom is 0.352 e. The topological polar surface area (TPSA) is 141 Å². The smallest absolute Gasteiger partial charge is 0.352 e. The summed E-state index contributed by atoms with van der Waals surface area (Å²) in [6.45, 7) is 1.13. The lowest BCUT2D eigenvalue weighted by atomic mass is 10.0. The van der Waals surface area contributed by atoms with E-state index in [-0.39, 0.29) is 23.2 Å². The molecule has 0 radical (unpaired) electrons. The highest BCUT2D eigenvalue weighted by Crippen LogP contribution is 2.39. The summed E-state index contributed by atoms with van der Waals surface area (Å²) in [5.74, 6) is -1.73. The number of hydrogen-bond donors (Lipinski definition) is 2. The van der Waals surface area contributed by atoms with E-state index in [0.29, 0.717) is 11.3 Å². The molecule has 2 aliphatic rings. The molecular formula is C10H14N2O6S. The van der Waals surface area contributed by atoms with Crippen molar-refractivity contribution < 1.29 is 29.7 Å². The maximum absolute atomic E-state index is 11.6. The molecule has 0 aromatic rings. The molecule has 2 unspecified atom stereocenters. The second-order valence-electron chi connectivity index (χ2n) is 3.97. The summed E-state index contributed by atoms with van der Waals surface area (Å²) in [7, 11) is 0. The number of fused-ring (bicyclic) bond motifs is 1. The molecule has 2 rings (SSSR count). The van der Waals surface area contributed by atoms with Crippen LogP contribution in [0.5, 0.6) is 0 Å². The zero-order valence-electron chi connectivity index (χ0n) is 10.1. The van der Waals surface area contributed by atoms with Crippen LogP contribution in [0, 0.1) is 0 Å². The molecule has 1 fully saturated rings. The van der Waals surface area contributed by atoms with E-state index in [1.165, 1.54) is 23.6 Å². The van der Waals surface area contributed by atoms with E-state index in [4.69, 9.17) is 15.6 Å². The van der Waals surface area contributed by atoms with E-state index in [9.17, 15) is 14.4 Å². The third-order valence-corrected chi connectivity index (χ3v) is 4.10. The number of amides is 1. The van der Waals surface area contributed by atoms with Gasteiger partial charge in [0, 0.05) is 18.2 Å². The molecule has 0 bridgehead atoms. The number of hydrogen-bond acceptors (Lipinski definition) is 6. The number of carboxylic acids is 1. The quantitative estimate of drug-likeness (QED) is 0.466. The predicted octanol–water partition coefficient (Wildman–Crippen LogP) is -1.69. The lowest BCUT2D eigenvalue weighted by Crippen LogP contribution is -2.68. The fourth-order valence-corrected chi connectivity index (χ4v) is 3.15. The molecule has 19 heavy (non-hydrogen) atoms. The average molecular weight is 290 g/mol. The van der Waals surface area contributed by atoms with Gasteiger partial charge in [0.15, 0.2) is 0 Å². The molecule has 0 saturated carbocycles. The standard InChI is InChI=1S/C10H12N2O5S.H2O/c1-4(13)17-2-5-3-18-9-6(11)8(14)12(9)7(5)10(15)16;/h6,9H,2-3,11H2,1H3,(H,15,16);1H2. The Morgan fingerprint density at radius 3 is 2.74 bits per heavy atom. The monoisotopic (exact) mass is 290 g/mol. The van der Waals surface area contributed by atoms with E-state index in [1.54, 1.807) is 0 Å². The van der Waals surface area contributed by atoms with Crippen LogP contribution in [0.4, 0.5) is 0 Å². The fourth-order valence-electron chi connectivity index (χ4n) is 1.88. The number of aliphatic carboxylic acids is 1. The molecule has 1 amide bonds. The van der Waals surface area contributed by atoms with Crippen molar-refractivity contribution in [3.05, 3.63) is 11.3 Å². The van der Waals surface area contributed by atoms with Crippen LogP contribution in [0.3, 0.4) is 0 Å². The average Bonchev–Trinajstić information content (AvgIpc) is 2.33. The first-order chi connectivity index (χ1) is 8.43. The van der Waals surface area contributed by atoms with E-state index in [0.717, 1.165) is 0 Å². The first kappa shape index (κ1) is 15.5. The van der Waals surface area contributed by atoms with Gasteiger partial charge in [-0.3, -0.25) is 14.5 Å². The summed E-state index contributed by atoms with van der Waals surface area (Å²) in [6.07, 6.45) is 0. The Labute approximate surface area is 112 Å². The zero-order valence-corrected chi connectivity index (χ0v) is 10.9. The third-order valence-electron chi connectivity index (χ3n) is 2.74. The summed E-state index contributed by atoms with van der Waals surface area (Å²) in [5, 5.41) is 8.83. The minimum absolute atomic E-state index is 0. The van der Waals surface area contributed by atoms with Gasteiger partial charge in [0.25, 0.3) is 0 Å². The van der Waals surface area contributed by atoms with Crippen molar-refractivity contribution in [3.63, 3.8) is 0 Å². The number of nitrogens with zero attached hydrogens (tertiary/aromatic N) is 1. The van der Waals surface area contributed by atoms with Crippen LogP contribution in [0.2, 0.25) is 0 Å². The molecule has 2 heterocycles. The van der Waals surface area contributed by atoms with Crippen LogP contribution in [-0.2, 0) is 19.1 Å². The van der Waals surface area contributed by atoms with E-state index in [1.807, 2.05) is 0 Å². The van der Waals surface area contributed by atoms with Gasteiger partial charge in [-0.05, 0) is 0 Å². The van der Waals surface area contributed by atoms with E-state index < -0.39 is 23.9 Å². The van der Waals surface area contributed by atoms with Crippen molar-refractivity contribution in [2.24, 2.45) is 5.73 Å². The number of carboxylic acid groups (broad SMARTS) is 1. The van der Waals surface area contributed by atoms with Crippen LogP contribution < -0.4 is 5.73 Å². The number of carbonyl (C=O) groups excluding carboxylic acids is 2. The highest BCUT2D eigenvalue weighted by molar-refractivity contribution is 8.00. The number of esters is 1. The molecule has 2 atom stereocenters. The number of thioether (sulfide) groups is 1. The first-order valence-corrected chi connectivity index (χ1v) is 6.27. The molecule has 106 valence electrons. The number of nitrogens with two attached hydrogens (primary N) is 1. The minimum Gasteiger partial charge on any atom is -0.477 e. The largest absolute Gasteiger partial charge is 0.477 e. The zero-order chi connectivity index (χ0) is 13.4. The van der Waals surface area contributed by atoms with Crippen molar-refractivity contribution in [1.82, 2.24) is 4.90 Å². The minimum atomic E-state index is -1.21. The predicted molar refractivity (Wildman–Crippen MR) is 66.0 cm³/mol. The SMILES string of the molecule is CC(=O)OCC1=C(C(=O)O)N2C(=O)C(N)C2SC1.O. The second kappa shape index (κ2) is 5.59. The Kier molecular flexibility index (Phi) is 4.56. The maximum atomic E-state index is 11.6. The highest BCUT2D eigenvalue weighted by Gasteiger charge is 2.51. The Balaban J connectivity index is 0.00000180. The van der Waals surface area contributed by atoms with Crippen LogP contribution in [-0.4, -0.2) is 57.1 Å². The van der Waals surface area contributed by atoms with Gasteiger partial charge >= 0.3 is 11.9 Å². The van der Waals surface area contributed by atoms with Crippen molar-refractivity contribution in [2.45, 2.75) is 18.3 Å². The first-order valence-electron chi connectivity index (χ1n) is 5.22. The molecule has 1 saturated heterocycles. The lowest BCUT2D eigenvalue weighted by molar-refractivity contribution is -0.148. The Hall–Kier alpha value is -1.58. The van der Waals surface area contributed by atoms with Crippen molar-refractivity contribution in [3.8, 4) is 0 Å². The number of β-lactam (4-membered cyclic amide) rings is 1. The van der Waals surface area contributed by atoms with Gasteiger partial charge in [-0.25, -0.2) is 4.79 Å². The molecule has 0 aromatic carbocycles. The molecule has 9 heteroatoms. The summed E-state index contributed by atoms with van der Waals surface area (Å²) in [4.78, 5) is 34.7. The van der Waals surface area contributed by atoms with Gasteiger partial charge in [0.2, 0.25) is 5.91 Å². The summed E-state index contributed by atoms with van der Waals surface area (Å²) in [6, 6.07) is -0.653. The lowest BCUT2D eigenvalue weighted by Gasteiger charge is -2.47. The molecule has 5 N–H and O–H groups in total. The number of carbonyl (C=O) groups is 3. The van der Waals surface area contributed by atoms with Gasteiger partial charge in [-0.2, -0.15) is 0 Å². The summed E-state index contributed by atoms with van der Waals surface area (Å²) in [5.41, 5.74) is 5.90. The Morgan fingerprint density at radius 2 is 2.21 bits per heavy atom. The molecule has 2 aliphatic heterocycles. The van der Waals surface area contributed by atoms with Gasteiger partial charge < -0.3 is 21.1 Å². The normalized spacial score (nSPS) is 25.2. The molecular weight excluding hydrogens is 276 g/mol. The highest BCUT2D eigenvalue weighted by atomic mass is 32.2. The van der Waals surface area contributed by atoms with Gasteiger partial charge in [-0.15, -0.1) is 11.8 Å². The van der Waals surface area contributed by atoms with Crippen molar-refractivity contribution >= 4 is 29.6 Å². The van der Waals surface area contributed by atoms with E-state index in [2.05, 4.69) is 0 Å². The summed E-state index contributed by atoms with van der Waals surface area (Å²) >= 11 is 1.37. The molecule has 0 aliphatic carbocycles. The van der Waals surface area contributed by atoms with Gasteiger partial charge in [0.1, 0.15) is 23.7 Å². The molecule has 0 spiro atoms. The van der Waals surface area contributed by atoms with Gasteiger partial charge in [-0.1, -0.05) is 0 Å². The number of ether oxygens (including phenoxy) is 1. The Morgan fingerprint density at radius 1 is 1.58 bits per heavy atom. The summed E-state index contributed by atoms with van der Waals surface area (Å²) < 4.78 is 4.79. The van der Waals surface area contributed by atoms with Crippen molar-refractivity contribution in [2.75, 3.05) is 12.4 Å². The molecule has 0 aromatic heterocycles. The van der Waals surface area contributed by atoms with Crippen LogP contribution in [0.25, 0.3) is 0 Å². The van der Waals surface area contributed by atoms with Crippen LogP contribution >= 0.6 is 11.8 Å². The second-order valence-corrected chi connectivity index (χ2v) is 5.08. The van der Waals surface area contributed by atoms with E-state index >= 15 is 0 Å². The van der Waals surface area contributed by atoms with Crippen molar-refractivity contribution in [1.29, 1.82) is 0 Å². The molecule has 8 nitrogen and oxygen atoms in total. The third kappa shape index (κ3) is 2.57. The van der Waals surface area contributed by atoms with Crippen LogP contribution in [0.1, 0.15) is 6.92 Å².